The number of hydrogen-bond acceptors (Lipinski definition) is 1. The molecule has 0 saturated carbocycles. The van der Waals surface area contributed by atoms with Gasteiger partial charge in [0.25, 0.3) is 0 Å². The molecule has 0 aliphatic carbocycles. The lowest BCUT2D eigenvalue weighted by molar-refractivity contribution is -0.118. The summed E-state index contributed by atoms with van der Waals surface area (Å²) in [7, 11) is 1.82. The quantitative estimate of drug-likeness (QED) is 0.640. The number of rotatable bonds is 1. The van der Waals surface area contributed by atoms with Crippen LogP contribution in [-0.4, -0.2) is 13.0 Å². The second-order valence-corrected chi connectivity index (χ2v) is 4.18. The van der Waals surface area contributed by atoms with Gasteiger partial charge in [-0.2, -0.15) is 0 Å². The molecule has 0 radical (unpaired) electrons. The van der Waals surface area contributed by atoms with Gasteiger partial charge in [0.15, 0.2) is 0 Å². The number of carbonyl (C=O) groups excluding carboxylic acids is 1. The van der Waals surface area contributed by atoms with Gasteiger partial charge in [-0.1, -0.05) is 24.3 Å². The predicted octanol–water partition coefficient (Wildman–Crippen LogP) is 2.63. The lowest BCUT2D eigenvalue weighted by atomic mass is 9.91. The smallest absolute Gasteiger partial charge is 0.238 e. The van der Waals surface area contributed by atoms with E-state index in [0.717, 1.165) is 16.8 Å². The first-order chi connectivity index (χ1) is 7.04. The molecule has 0 aromatic heterocycles. The Hall–Kier alpha value is -1.57. The van der Waals surface area contributed by atoms with Crippen LogP contribution in [0.25, 0.3) is 0 Å². The second-order valence-electron chi connectivity index (χ2n) is 4.18. The topological polar surface area (TPSA) is 20.3 Å². The molecule has 1 heterocycles. The van der Waals surface area contributed by atoms with Crippen LogP contribution in [0, 0.1) is 6.92 Å². The SMILES string of the molecule is C=C(C)C1C(=O)N(C)c2cccc(C)c21. The number of amides is 1. The zero-order valence-electron chi connectivity index (χ0n) is 9.37. The van der Waals surface area contributed by atoms with Crippen LogP contribution in [0.3, 0.4) is 0 Å². The third-order valence-electron chi connectivity index (χ3n) is 3.02. The van der Waals surface area contributed by atoms with Crippen LogP contribution in [0.2, 0.25) is 0 Å². The first-order valence-electron chi connectivity index (χ1n) is 5.06. The van der Waals surface area contributed by atoms with Crippen LogP contribution in [0.1, 0.15) is 24.0 Å². The van der Waals surface area contributed by atoms with Gasteiger partial charge in [-0.3, -0.25) is 4.79 Å². The van der Waals surface area contributed by atoms with Crippen LogP contribution in [0.4, 0.5) is 5.69 Å². The summed E-state index contributed by atoms with van der Waals surface area (Å²) in [5.74, 6) is -0.0157. The van der Waals surface area contributed by atoms with Crippen molar-refractivity contribution in [2.24, 2.45) is 0 Å². The monoisotopic (exact) mass is 201 g/mol. The van der Waals surface area contributed by atoms with Crippen molar-refractivity contribution >= 4 is 11.6 Å². The summed E-state index contributed by atoms with van der Waals surface area (Å²) >= 11 is 0. The Morgan fingerprint density at radius 3 is 2.73 bits per heavy atom. The minimum atomic E-state index is -0.147. The number of anilines is 1. The maximum Gasteiger partial charge on any atom is 0.238 e. The number of nitrogens with zero attached hydrogens (tertiary/aromatic N) is 1. The van der Waals surface area contributed by atoms with E-state index in [1.54, 1.807) is 4.90 Å². The summed E-state index contributed by atoms with van der Waals surface area (Å²) in [6.45, 7) is 7.87. The molecule has 2 heteroatoms. The Labute approximate surface area is 90.2 Å². The molecule has 0 N–H and O–H groups in total. The molecule has 1 atom stereocenters. The van der Waals surface area contributed by atoms with E-state index in [4.69, 9.17) is 0 Å². The van der Waals surface area contributed by atoms with E-state index in [0.29, 0.717) is 0 Å². The van der Waals surface area contributed by atoms with Crippen molar-refractivity contribution in [1.29, 1.82) is 0 Å². The number of hydrogen-bond donors (Lipinski definition) is 0. The lowest BCUT2D eigenvalue weighted by Gasteiger charge is -2.10. The lowest BCUT2D eigenvalue weighted by Crippen LogP contribution is -2.24. The first-order valence-corrected chi connectivity index (χ1v) is 5.06. The van der Waals surface area contributed by atoms with Crippen molar-refractivity contribution < 1.29 is 4.79 Å². The van der Waals surface area contributed by atoms with Crippen LogP contribution in [0.15, 0.2) is 30.4 Å². The van der Waals surface area contributed by atoms with E-state index < -0.39 is 0 Å². The molecular weight excluding hydrogens is 186 g/mol. The fraction of sp³-hybridized carbons (Fsp3) is 0.308. The normalized spacial score (nSPS) is 19.3. The molecule has 15 heavy (non-hydrogen) atoms. The minimum Gasteiger partial charge on any atom is -0.314 e. The number of benzene rings is 1. The third kappa shape index (κ3) is 1.29. The van der Waals surface area contributed by atoms with Crippen molar-refractivity contribution in [2.75, 3.05) is 11.9 Å². The van der Waals surface area contributed by atoms with Gasteiger partial charge < -0.3 is 4.90 Å². The molecule has 0 spiro atoms. The van der Waals surface area contributed by atoms with Gasteiger partial charge in [-0.15, -0.1) is 0 Å². The van der Waals surface area contributed by atoms with Crippen molar-refractivity contribution in [3.05, 3.63) is 41.5 Å². The maximum atomic E-state index is 12.0. The largest absolute Gasteiger partial charge is 0.314 e. The molecule has 2 rings (SSSR count). The van der Waals surface area contributed by atoms with Crippen molar-refractivity contribution in [2.45, 2.75) is 19.8 Å². The number of fused-ring (bicyclic) bond motifs is 1. The molecular formula is C13H15NO. The standard InChI is InChI=1S/C13H15NO/c1-8(2)11-12-9(3)6-5-7-10(12)14(4)13(11)15/h5-7,11H,1H2,2-4H3. The Morgan fingerprint density at radius 1 is 1.47 bits per heavy atom. The van der Waals surface area contributed by atoms with E-state index in [9.17, 15) is 4.79 Å². The molecule has 78 valence electrons. The summed E-state index contributed by atoms with van der Waals surface area (Å²) < 4.78 is 0. The zero-order chi connectivity index (χ0) is 11.2. The van der Waals surface area contributed by atoms with Gasteiger partial charge in [0, 0.05) is 12.7 Å². The van der Waals surface area contributed by atoms with E-state index in [1.807, 2.05) is 39.1 Å². The summed E-state index contributed by atoms with van der Waals surface area (Å²) in [5, 5.41) is 0. The Bertz CT molecular complexity index is 448. The third-order valence-corrected chi connectivity index (χ3v) is 3.02. The molecule has 0 bridgehead atoms. The van der Waals surface area contributed by atoms with Gasteiger partial charge in [0.2, 0.25) is 5.91 Å². The van der Waals surface area contributed by atoms with Crippen molar-refractivity contribution in [1.82, 2.24) is 0 Å². The van der Waals surface area contributed by atoms with E-state index in [-0.39, 0.29) is 11.8 Å². The van der Waals surface area contributed by atoms with Crippen molar-refractivity contribution in [3.8, 4) is 0 Å². The highest BCUT2D eigenvalue weighted by molar-refractivity contribution is 6.06. The van der Waals surface area contributed by atoms with Crippen LogP contribution < -0.4 is 4.90 Å². The maximum absolute atomic E-state index is 12.0. The Kier molecular flexibility index (Phi) is 2.14. The van der Waals surface area contributed by atoms with Crippen molar-refractivity contribution in [3.63, 3.8) is 0 Å². The molecule has 0 fully saturated rings. The van der Waals surface area contributed by atoms with Gasteiger partial charge >= 0.3 is 0 Å². The Morgan fingerprint density at radius 2 is 2.13 bits per heavy atom. The second kappa shape index (κ2) is 3.23. The fourth-order valence-electron chi connectivity index (χ4n) is 2.23. The summed E-state index contributed by atoms with van der Waals surface area (Å²) in [6.07, 6.45) is 0. The average Bonchev–Trinajstić information content (AvgIpc) is 2.43. The highest BCUT2D eigenvalue weighted by atomic mass is 16.2. The number of likely N-dealkylation sites (N-methyl/N-ethyl adjacent to an activating group) is 1. The Balaban J connectivity index is 2.67. The van der Waals surface area contributed by atoms with Crippen LogP contribution in [-0.2, 0) is 4.79 Å². The summed E-state index contributed by atoms with van der Waals surface area (Å²) in [4.78, 5) is 13.7. The summed E-state index contributed by atoms with van der Waals surface area (Å²) in [5.41, 5.74) is 4.23. The highest BCUT2D eigenvalue weighted by Crippen LogP contribution is 2.41. The molecule has 1 unspecified atom stereocenters. The molecule has 1 amide bonds. The summed E-state index contributed by atoms with van der Waals surface area (Å²) in [6, 6.07) is 6.02. The van der Waals surface area contributed by atoms with E-state index in [2.05, 4.69) is 6.58 Å². The van der Waals surface area contributed by atoms with Crippen LogP contribution in [0.5, 0.6) is 0 Å². The van der Waals surface area contributed by atoms with Crippen LogP contribution >= 0.6 is 0 Å². The number of aryl methyl sites for hydroxylation is 1. The van der Waals surface area contributed by atoms with Gasteiger partial charge in [0.1, 0.15) is 0 Å². The molecule has 2 nitrogen and oxygen atoms in total. The average molecular weight is 201 g/mol. The molecule has 1 aliphatic heterocycles. The minimum absolute atomic E-state index is 0.131. The molecule has 1 aliphatic rings. The molecule has 0 saturated heterocycles. The zero-order valence-corrected chi connectivity index (χ0v) is 9.37. The van der Waals surface area contributed by atoms with E-state index in [1.165, 1.54) is 5.56 Å². The number of carbonyl (C=O) groups is 1. The van der Waals surface area contributed by atoms with Gasteiger partial charge in [-0.25, -0.2) is 0 Å². The van der Waals surface area contributed by atoms with Gasteiger partial charge in [-0.05, 0) is 31.0 Å². The predicted molar refractivity (Wildman–Crippen MR) is 62.1 cm³/mol. The van der Waals surface area contributed by atoms with E-state index >= 15 is 0 Å². The molecule has 1 aromatic rings. The first kappa shape index (κ1) is 9.97. The highest BCUT2D eigenvalue weighted by Gasteiger charge is 2.36. The van der Waals surface area contributed by atoms with Gasteiger partial charge in [0.05, 0.1) is 5.92 Å². The molecule has 1 aromatic carbocycles. The fourth-order valence-corrected chi connectivity index (χ4v) is 2.23.